The van der Waals surface area contributed by atoms with Gasteiger partial charge in [0.2, 0.25) is 0 Å². The number of nitrogens with one attached hydrogen (secondary N) is 1. The molecule has 0 radical (unpaired) electrons. The lowest BCUT2D eigenvalue weighted by Gasteiger charge is -2.22. The van der Waals surface area contributed by atoms with Gasteiger partial charge in [-0.15, -0.1) is 0 Å². The predicted octanol–water partition coefficient (Wildman–Crippen LogP) is 2.76. The zero-order chi connectivity index (χ0) is 17.4. The molecule has 0 bridgehead atoms. The van der Waals surface area contributed by atoms with Crippen LogP contribution in [0.2, 0.25) is 0 Å². The Kier molecular flexibility index (Phi) is 3.84. The van der Waals surface area contributed by atoms with Crippen molar-refractivity contribution in [3.8, 4) is 5.82 Å². The standard InChI is InChI=1S/C20H20N4O/c1-13-14(2)17-6-8-21-20(25)18(17)11-16(13)10-15-4-5-19(22-12-15)24-9-3-7-23-24/h3-5,7,9,11-12H,6,8,10H2,1-2H3,(H,21,25). The Balaban J connectivity index is 1.66. The minimum atomic E-state index is 0.0396. The summed E-state index contributed by atoms with van der Waals surface area (Å²) >= 11 is 0. The molecule has 1 aromatic carbocycles. The number of carbonyl (C=O) groups is 1. The highest BCUT2D eigenvalue weighted by Gasteiger charge is 2.21. The second-order valence-corrected chi connectivity index (χ2v) is 6.47. The molecule has 25 heavy (non-hydrogen) atoms. The zero-order valence-electron chi connectivity index (χ0n) is 14.4. The smallest absolute Gasteiger partial charge is 0.251 e. The van der Waals surface area contributed by atoms with Gasteiger partial charge in [-0.25, -0.2) is 9.67 Å². The summed E-state index contributed by atoms with van der Waals surface area (Å²) in [6.07, 6.45) is 7.16. The first kappa shape index (κ1) is 15.6. The lowest BCUT2D eigenvalue weighted by Crippen LogP contribution is -2.32. The van der Waals surface area contributed by atoms with Crippen molar-refractivity contribution in [2.45, 2.75) is 26.7 Å². The summed E-state index contributed by atoms with van der Waals surface area (Å²) in [5, 5.41) is 7.13. The van der Waals surface area contributed by atoms with Gasteiger partial charge in [0.15, 0.2) is 5.82 Å². The lowest BCUT2D eigenvalue weighted by molar-refractivity contribution is 0.0945. The number of hydrogen-bond donors (Lipinski definition) is 1. The van der Waals surface area contributed by atoms with E-state index in [1.165, 1.54) is 22.3 Å². The number of aromatic nitrogens is 3. The average molecular weight is 332 g/mol. The fraction of sp³-hybridized carbons (Fsp3) is 0.250. The summed E-state index contributed by atoms with van der Waals surface area (Å²) in [5.74, 6) is 0.837. The molecule has 0 atom stereocenters. The Morgan fingerprint density at radius 1 is 1.24 bits per heavy atom. The number of fused-ring (bicyclic) bond motifs is 1. The Bertz CT molecular complexity index is 927. The Morgan fingerprint density at radius 2 is 2.12 bits per heavy atom. The first-order chi connectivity index (χ1) is 12.1. The van der Waals surface area contributed by atoms with Crippen molar-refractivity contribution in [1.29, 1.82) is 0 Å². The van der Waals surface area contributed by atoms with E-state index in [9.17, 15) is 4.79 Å². The van der Waals surface area contributed by atoms with Gasteiger partial charge in [0.25, 0.3) is 5.91 Å². The largest absolute Gasteiger partial charge is 0.352 e. The maximum Gasteiger partial charge on any atom is 0.251 e. The van der Waals surface area contributed by atoms with E-state index in [0.29, 0.717) is 0 Å². The van der Waals surface area contributed by atoms with Crippen LogP contribution in [-0.2, 0) is 12.8 Å². The van der Waals surface area contributed by atoms with Crippen LogP contribution in [0.1, 0.15) is 38.2 Å². The molecule has 2 aromatic heterocycles. The van der Waals surface area contributed by atoms with Gasteiger partial charge in [0.05, 0.1) is 0 Å². The zero-order valence-corrected chi connectivity index (χ0v) is 14.4. The molecule has 126 valence electrons. The van der Waals surface area contributed by atoms with Crippen molar-refractivity contribution < 1.29 is 4.79 Å². The number of carbonyl (C=O) groups excluding carboxylic acids is 1. The molecule has 0 aliphatic carbocycles. The highest BCUT2D eigenvalue weighted by Crippen LogP contribution is 2.26. The second-order valence-electron chi connectivity index (χ2n) is 6.47. The van der Waals surface area contributed by atoms with E-state index in [2.05, 4.69) is 35.3 Å². The minimum absolute atomic E-state index is 0.0396. The Hall–Kier alpha value is -2.95. The molecule has 5 heteroatoms. The van der Waals surface area contributed by atoms with E-state index >= 15 is 0 Å². The molecule has 0 unspecified atom stereocenters. The molecule has 5 nitrogen and oxygen atoms in total. The number of benzene rings is 1. The third-order valence-electron chi connectivity index (χ3n) is 4.99. The van der Waals surface area contributed by atoms with Crippen molar-refractivity contribution >= 4 is 5.91 Å². The monoisotopic (exact) mass is 332 g/mol. The predicted molar refractivity (Wildman–Crippen MR) is 96.1 cm³/mol. The van der Waals surface area contributed by atoms with E-state index in [4.69, 9.17) is 0 Å². The van der Waals surface area contributed by atoms with Crippen LogP contribution in [-0.4, -0.2) is 27.2 Å². The number of amides is 1. The molecule has 1 aliphatic rings. The average Bonchev–Trinajstić information content (AvgIpc) is 3.16. The van der Waals surface area contributed by atoms with Crippen LogP contribution in [0, 0.1) is 13.8 Å². The minimum Gasteiger partial charge on any atom is -0.352 e. The van der Waals surface area contributed by atoms with Crippen LogP contribution in [0.5, 0.6) is 0 Å². The van der Waals surface area contributed by atoms with Gasteiger partial charge in [0, 0.05) is 30.7 Å². The normalized spacial score (nSPS) is 13.4. The van der Waals surface area contributed by atoms with Gasteiger partial charge in [-0.05, 0) is 72.7 Å². The highest BCUT2D eigenvalue weighted by molar-refractivity contribution is 5.97. The molecular formula is C20H20N4O. The summed E-state index contributed by atoms with van der Waals surface area (Å²) in [6.45, 7) is 4.99. The van der Waals surface area contributed by atoms with Crippen LogP contribution < -0.4 is 5.32 Å². The van der Waals surface area contributed by atoms with Crippen LogP contribution >= 0.6 is 0 Å². The van der Waals surface area contributed by atoms with Crippen molar-refractivity contribution in [2.75, 3.05) is 6.54 Å². The van der Waals surface area contributed by atoms with Crippen LogP contribution in [0.25, 0.3) is 5.82 Å². The van der Waals surface area contributed by atoms with Gasteiger partial charge in [-0.1, -0.05) is 6.07 Å². The Labute approximate surface area is 146 Å². The first-order valence-electron chi connectivity index (χ1n) is 8.48. The molecule has 4 rings (SSSR count). The number of rotatable bonds is 3. The van der Waals surface area contributed by atoms with Gasteiger partial charge >= 0.3 is 0 Å². The van der Waals surface area contributed by atoms with E-state index in [1.807, 2.05) is 30.6 Å². The first-order valence-corrected chi connectivity index (χ1v) is 8.48. The summed E-state index contributed by atoms with van der Waals surface area (Å²) in [5.41, 5.74) is 6.83. The van der Waals surface area contributed by atoms with Gasteiger partial charge in [0.1, 0.15) is 0 Å². The third kappa shape index (κ3) is 2.82. The molecule has 3 heterocycles. The molecule has 1 aliphatic heterocycles. The van der Waals surface area contributed by atoms with E-state index in [-0.39, 0.29) is 5.91 Å². The van der Waals surface area contributed by atoms with Crippen molar-refractivity contribution in [3.63, 3.8) is 0 Å². The number of hydrogen-bond acceptors (Lipinski definition) is 3. The molecule has 1 N–H and O–H groups in total. The van der Waals surface area contributed by atoms with Gasteiger partial charge < -0.3 is 5.32 Å². The van der Waals surface area contributed by atoms with E-state index in [0.717, 1.165) is 36.3 Å². The highest BCUT2D eigenvalue weighted by atomic mass is 16.1. The molecule has 3 aromatic rings. The summed E-state index contributed by atoms with van der Waals surface area (Å²) in [4.78, 5) is 16.7. The maximum atomic E-state index is 12.2. The fourth-order valence-electron chi connectivity index (χ4n) is 3.42. The summed E-state index contributed by atoms with van der Waals surface area (Å²) < 4.78 is 1.74. The summed E-state index contributed by atoms with van der Waals surface area (Å²) in [7, 11) is 0. The fourth-order valence-corrected chi connectivity index (χ4v) is 3.42. The summed E-state index contributed by atoms with van der Waals surface area (Å²) in [6, 6.07) is 7.96. The molecule has 0 saturated carbocycles. The number of pyridine rings is 1. The Morgan fingerprint density at radius 3 is 2.84 bits per heavy atom. The van der Waals surface area contributed by atoms with E-state index < -0.39 is 0 Å². The lowest BCUT2D eigenvalue weighted by atomic mass is 9.87. The van der Waals surface area contributed by atoms with Crippen LogP contribution in [0.3, 0.4) is 0 Å². The topological polar surface area (TPSA) is 59.8 Å². The molecule has 0 fully saturated rings. The van der Waals surface area contributed by atoms with Crippen LogP contribution in [0.15, 0.2) is 42.9 Å². The molecule has 1 amide bonds. The molecular weight excluding hydrogens is 312 g/mol. The van der Waals surface area contributed by atoms with Gasteiger partial charge in [-0.2, -0.15) is 5.10 Å². The van der Waals surface area contributed by atoms with Gasteiger partial charge in [-0.3, -0.25) is 4.79 Å². The number of nitrogens with zero attached hydrogens (tertiary/aromatic N) is 3. The van der Waals surface area contributed by atoms with Crippen molar-refractivity contribution in [2.24, 2.45) is 0 Å². The van der Waals surface area contributed by atoms with E-state index in [1.54, 1.807) is 10.9 Å². The quantitative estimate of drug-likeness (QED) is 0.802. The molecule has 0 spiro atoms. The molecule has 0 saturated heterocycles. The third-order valence-corrected chi connectivity index (χ3v) is 4.99. The van der Waals surface area contributed by atoms with Crippen LogP contribution in [0.4, 0.5) is 0 Å². The SMILES string of the molecule is Cc1c(Cc2ccc(-n3cccn3)nc2)cc2c(c1C)CCNC2=O. The second kappa shape index (κ2) is 6.16. The van der Waals surface area contributed by atoms with Crippen molar-refractivity contribution in [1.82, 2.24) is 20.1 Å². The maximum absolute atomic E-state index is 12.2. The van der Waals surface area contributed by atoms with Crippen molar-refractivity contribution in [3.05, 3.63) is 76.2 Å².